The van der Waals surface area contributed by atoms with E-state index >= 15 is 0 Å². The van der Waals surface area contributed by atoms with E-state index in [1.54, 1.807) is 10.9 Å². The van der Waals surface area contributed by atoms with Crippen LogP contribution in [0.2, 0.25) is 0 Å². The van der Waals surface area contributed by atoms with E-state index in [-0.39, 0.29) is 11.1 Å². The Hall–Kier alpha value is -1.18. The molecule has 7 heteroatoms. The van der Waals surface area contributed by atoms with Crippen molar-refractivity contribution in [2.75, 3.05) is 20.6 Å². The maximum absolute atomic E-state index is 11.1. The summed E-state index contributed by atoms with van der Waals surface area (Å²) in [6, 6.07) is 1.70. The zero-order valence-electron chi connectivity index (χ0n) is 10.6. The highest BCUT2D eigenvalue weighted by Crippen LogP contribution is 2.36. The van der Waals surface area contributed by atoms with E-state index in [0.717, 1.165) is 19.4 Å². The fourth-order valence-electron chi connectivity index (χ4n) is 1.89. The molecule has 0 amide bonds. The largest absolute Gasteiger partial charge is 0.306 e. The molecule has 6 nitrogen and oxygen atoms in total. The Morgan fingerprint density at radius 1 is 1.56 bits per heavy atom. The van der Waals surface area contributed by atoms with Gasteiger partial charge in [0.05, 0.1) is 6.04 Å². The van der Waals surface area contributed by atoms with E-state index < -0.39 is 10.0 Å². The number of sulfonamides is 1. The fraction of sp³-hybridized carbons (Fsp3) is 0.545. The molecule has 100 valence electrons. The minimum Gasteiger partial charge on any atom is -0.306 e. The zero-order valence-corrected chi connectivity index (χ0v) is 11.4. The predicted molar refractivity (Wildman–Crippen MR) is 68.5 cm³/mol. The van der Waals surface area contributed by atoms with Gasteiger partial charge in [-0.15, -0.1) is 0 Å². The molecule has 0 spiro atoms. The van der Waals surface area contributed by atoms with Crippen LogP contribution in [-0.4, -0.2) is 43.7 Å². The number of likely N-dealkylation sites (N-methyl/N-ethyl adjacent to an activating group) is 1. The second-order valence-corrected chi connectivity index (χ2v) is 6.37. The lowest BCUT2D eigenvalue weighted by atomic mass is 9.86. The van der Waals surface area contributed by atoms with Gasteiger partial charge in [0.1, 0.15) is 0 Å². The van der Waals surface area contributed by atoms with Gasteiger partial charge in [-0.25, -0.2) is 13.6 Å². The van der Waals surface area contributed by atoms with Gasteiger partial charge in [0, 0.05) is 12.7 Å². The van der Waals surface area contributed by atoms with Crippen LogP contribution in [0.4, 0.5) is 0 Å². The average Bonchev–Trinajstić information content (AvgIpc) is 2.62. The lowest BCUT2D eigenvalue weighted by Crippen LogP contribution is -2.22. The van der Waals surface area contributed by atoms with Gasteiger partial charge in [-0.2, -0.15) is 5.10 Å². The van der Waals surface area contributed by atoms with E-state index in [0.29, 0.717) is 0 Å². The summed E-state index contributed by atoms with van der Waals surface area (Å²) >= 11 is 0. The van der Waals surface area contributed by atoms with Crippen LogP contribution in [0.5, 0.6) is 0 Å². The second-order valence-electron chi connectivity index (χ2n) is 4.87. The lowest BCUT2D eigenvalue weighted by Gasteiger charge is -2.30. The van der Waals surface area contributed by atoms with Crippen molar-refractivity contribution in [1.82, 2.24) is 14.7 Å². The van der Waals surface area contributed by atoms with Crippen LogP contribution in [0, 0.1) is 0 Å². The van der Waals surface area contributed by atoms with Gasteiger partial charge in [0.15, 0.2) is 5.03 Å². The third kappa shape index (κ3) is 2.98. The first-order valence-corrected chi connectivity index (χ1v) is 7.31. The maximum Gasteiger partial charge on any atom is 0.257 e. The zero-order chi connectivity index (χ0) is 13.3. The van der Waals surface area contributed by atoms with Gasteiger partial charge in [0.2, 0.25) is 0 Å². The summed E-state index contributed by atoms with van der Waals surface area (Å²) in [6.07, 6.45) is 5.74. The molecule has 0 saturated heterocycles. The van der Waals surface area contributed by atoms with Crippen LogP contribution < -0.4 is 5.14 Å². The van der Waals surface area contributed by atoms with Crippen LogP contribution >= 0.6 is 0 Å². The SMILES string of the molecule is CN(C)CC=C1CC(n2ccc(S(N)(=O)=O)n2)C1. The number of nitrogens with zero attached hydrogens (tertiary/aromatic N) is 3. The van der Waals surface area contributed by atoms with Gasteiger partial charge in [-0.1, -0.05) is 11.6 Å². The summed E-state index contributed by atoms with van der Waals surface area (Å²) < 4.78 is 23.9. The molecule has 1 aliphatic rings. The van der Waals surface area contributed by atoms with Crippen molar-refractivity contribution >= 4 is 10.0 Å². The third-order valence-electron chi connectivity index (χ3n) is 2.99. The number of rotatable bonds is 4. The number of hydrogen-bond acceptors (Lipinski definition) is 4. The smallest absolute Gasteiger partial charge is 0.257 e. The Kier molecular flexibility index (Phi) is 3.56. The number of nitrogens with two attached hydrogens (primary N) is 1. The van der Waals surface area contributed by atoms with Gasteiger partial charge < -0.3 is 4.90 Å². The molecular weight excluding hydrogens is 252 g/mol. The molecule has 2 N–H and O–H groups in total. The predicted octanol–water partition coefficient (Wildman–Crippen LogP) is 0.353. The highest BCUT2D eigenvalue weighted by molar-refractivity contribution is 7.89. The van der Waals surface area contributed by atoms with Crippen molar-refractivity contribution in [2.24, 2.45) is 5.14 Å². The lowest BCUT2D eigenvalue weighted by molar-refractivity contribution is 0.361. The summed E-state index contributed by atoms with van der Waals surface area (Å²) in [5.41, 5.74) is 1.39. The molecule has 1 aromatic heterocycles. The highest BCUT2D eigenvalue weighted by Gasteiger charge is 2.26. The second kappa shape index (κ2) is 4.83. The Balaban J connectivity index is 1.97. The molecule has 1 saturated carbocycles. The standard InChI is InChI=1S/C11H18N4O2S/c1-14(2)5-3-9-7-10(8-9)15-6-4-11(13-15)18(12,16)17/h3-4,6,10H,5,7-8H2,1-2H3,(H2,12,16,17). The Bertz CT molecular complexity index is 551. The average molecular weight is 270 g/mol. The minimum absolute atomic E-state index is 0.0618. The summed E-state index contributed by atoms with van der Waals surface area (Å²) in [6.45, 7) is 0.934. The molecule has 1 aromatic rings. The first-order valence-electron chi connectivity index (χ1n) is 5.77. The molecule has 0 bridgehead atoms. The van der Waals surface area contributed by atoms with Gasteiger partial charge >= 0.3 is 0 Å². The molecular formula is C11H18N4O2S. The number of allylic oxidation sites excluding steroid dienone is 1. The third-order valence-corrected chi connectivity index (χ3v) is 3.79. The van der Waals surface area contributed by atoms with Crippen LogP contribution in [0.3, 0.4) is 0 Å². The summed E-state index contributed by atoms with van der Waals surface area (Å²) in [4.78, 5) is 2.10. The Morgan fingerprint density at radius 3 is 2.72 bits per heavy atom. The van der Waals surface area contributed by atoms with Crippen molar-refractivity contribution in [3.05, 3.63) is 23.9 Å². The fourth-order valence-corrected chi connectivity index (χ4v) is 2.35. The maximum atomic E-state index is 11.1. The quantitative estimate of drug-likeness (QED) is 0.801. The molecule has 1 heterocycles. The normalized spacial score (nSPS) is 20.0. The van der Waals surface area contributed by atoms with E-state index in [1.807, 2.05) is 14.1 Å². The van der Waals surface area contributed by atoms with Gasteiger partial charge in [-0.05, 0) is 33.0 Å². The molecule has 0 aliphatic heterocycles. The summed E-state index contributed by atoms with van der Waals surface area (Å²) in [7, 11) is 0.366. The van der Waals surface area contributed by atoms with Crippen molar-refractivity contribution in [3.63, 3.8) is 0 Å². The monoisotopic (exact) mass is 270 g/mol. The molecule has 1 aliphatic carbocycles. The van der Waals surface area contributed by atoms with E-state index in [1.165, 1.54) is 11.6 Å². The van der Waals surface area contributed by atoms with E-state index in [9.17, 15) is 8.42 Å². The number of aromatic nitrogens is 2. The molecule has 0 aromatic carbocycles. The number of primary sulfonamides is 1. The highest BCUT2D eigenvalue weighted by atomic mass is 32.2. The molecule has 0 atom stereocenters. The minimum atomic E-state index is -3.69. The molecule has 0 radical (unpaired) electrons. The Labute approximate surface area is 107 Å². The molecule has 18 heavy (non-hydrogen) atoms. The topological polar surface area (TPSA) is 81.2 Å². The first-order chi connectivity index (χ1) is 8.36. The van der Waals surface area contributed by atoms with Crippen LogP contribution in [-0.2, 0) is 10.0 Å². The summed E-state index contributed by atoms with van der Waals surface area (Å²) in [5, 5.41) is 8.95. The van der Waals surface area contributed by atoms with Crippen molar-refractivity contribution in [2.45, 2.75) is 23.9 Å². The van der Waals surface area contributed by atoms with Crippen molar-refractivity contribution in [1.29, 1.82) is 0 Å². The van der Waals surface area contributed by atoms with Crippen molar-refractivity contribution < 1.29 is 8.42 Å². The molecule has 2 rings (SSSR count). The van der Waals surface area contributed by atoms with Gasteiger partial charge in [0.25, 0.3) is 10.0 Å². The van der Waals surface area contributed by atoms with Gasteiger partial charge in [-0.3, -0.25) is 4.68 Å². The summed E-state index contributed by atoms with van der Waals surface area (Å²) in [5.74, 6) is 0. The first kappa shape index (κ1) is 13.3. The van der Waals surface area contributed by atoms with E-state index in [4.69, 9.17) is 5.14 Å². The molecule has 1 fully saturated rings. The Morgan fingerprint density at radius 2 is 2.22 bits per heavy atom. The van der Waals surface area contributed by atoms with Crippen LogP contribution in [0.1, 0.15) is 18.9 Å². The van der Waals surface area contributed by atoms with E-state index in [2.05, 4.69) is 16.1 Å². The number of hydrogen-bond donors (Lipinski definition) is 1. The van der Waals surface area contributed by atoms with Crippen LogP contribution in [0.15, 0.2) is 28.9 Å². The molecule has 0 unspecified atom stereocenters. The van der Waals surface area contributed by atoms with Crippen molar-refractivity contribution in [3.8, 4) is 0 Å². The van der Waals surface area contributed by atoms with Crippen LogP contribution in [0.25, 0.3) is 0 Å².